The van der Waals surface area contributed by atoms with Crippen LogP contribution < -0.4 is 16.0 Å². The first-order chi connectivity index (χ1) is 14.5. The molecule has 0 saturated carbocycles. The molecule has 154 valence electrons. The molecule has 3 amide bonds. The van der Waals surface area contributed by atoms with Gasteiger partial charge in [0.25, 0.3) is 5.91 Å². The fourth-order valence-electron chi connectivity index (χ4n) is 4.82. The Balaban J connectivity index is 1.36. The molecule has 30 heavy (non-hydrogen) atoms. The topological polar surface area (TPSA) is 95.7 Å². The van der Waals surface area contributed by atoms with E-state index in [1.807, 2.05) is 24.3 Å². The zero-order valence-electron chi connectivity index (χ0n) is 16.6. The minimum atomic E-state index is -0.585. The van der Waals surface area contributed by atoms with E-state index < -0.39 is 6.04 Å². The van der Waals surface area contributed by atoms with E-state index >= 15 is 0 Å². The van der Waals surface area contributed by atoms with Crippen LogP contribution >= 0.6 is 0 Å². The molecule has 3 aliphatic heterocycles. The van der Waals surface area contributed by atoms with Crippen molar-refractivity contribution in [2.75, 3.05) is 11.4 Å². The molecule has 0 radical (unpaired) electrons. The van der Waals surface area contributed by atoms with Crippen molar-refractivity contribution in [3.8, 4) is 0 Å². The molecular weight excluding hydrogens is 380 g/mol. The van der Waals surface area contributed by atoms with E-state index in [-0.39, 0.29) is 30.2 Å². The number of anilines is 1. The summed E-state index contributed by atoms with van der Waals surface area (Å²) in [5.41, 5.74) is 11.4. The molecule has 3 aliphatic rings. The first kappa shape index (κ1) is 18.8. The number of imide groups is 1. The smallest absolute Gasteiger partial charge is 0.255 e. The lowest BCUT2D eigenvalue weighted by Crippen LogP contribution is -2.52. The van der Waals surface area contributed by atoms with Gasteiger partial charge in [-0.25, -0.2) is 0 Å². The van der Waals surface area contributed by atoms with Gasteiger partial charge in [0.05, 0.1) is 0 Å². The fraction of sp³-hybridized carbons (Fsp3) is 0.348. The molecule has 0 spiro atoms. The predicted octanol–water partition coefficient (Wildman–Crippen LogP) is 1.34. The van der Waals surface area contributed by atoms with Crippen LogP contribution in [0.25, 0.3) is 0 Å². The number of para-hydroxylation sites is 1. The number of hydrogen-bond acceptors (Lipinski definition) is 5. The van der Waals surface area contributed by atoms with E-state index in [1.54, 1.807) is 4.90 Å². The minimum Gasteiger partial charge on any atom is -0.365 e. The second-order valence-corrected chi connectivity index (χ2v) is 8.36. The van der Waals surface area contributed by atoms with Crippen molar-refractivity contribution in [3.63, 3.8) is 0 Å². The van der Waals surface area contributed by atoms with Gasteiger partial charge >= 0.3 is 0 Å². The highest BCUT2D eigenvalue weighted by atomic mass is 16.2. The highest BCUT2D eigenvalue weighted by molar-refractivity contribution is 6.05. The molecule has 1 saturated heterocycles. The number of benzene rings is 2. The van der Waals surface area contributed by atoms with Crippen LogP contribution in [0.2, 0.25) is 0 Å². The molecule has 0 bridgehead atoms. The predicted molar refractivity (Wildman–Crippen MR) is 112 cm³/mol. The maximum Gasteiger partial charge on any atom is 0.255 e. The summed E-state index contributed by atoms with van der Waals surface area (Å²) in [6.07, 6.45) is 1.52. The normalized spacial score (nSPS) is 23.3. The Morgan fingerprint density at radius 2 is 1.90 bits per heavy atom. The van der Waals surface area contributed by atoms with Crippen molar-refractivity contribution in [1.82, 2.24) is 10.2 Å². The van der Waals surface area contributed by atoms with E-state index in [2.05, 4.69) is 28.4 Å². The van der Waals surface area contributed by atoms with Crippen molar-refractivity contribution in [2.24, 2.45) is 5.73 Å². The lowest BCUT2D eigenvalue weighted by molar-refractivity contribution is -0.136. The summed E-state index contributed by atoms with van der Waals surface area (Å²) in [7, 11) is 0. The molecule has 1 fully saturated rings. The summed E-state index contributed by atoms with van der Waals surface area (Å²) >= 11 is 0. The van der Waals surface area contributed by atoms with Crippen molar-refractivity contribution in [1.29, 1.82) is 0 Å². The van der Waals surface area contributed by atoms with Gasteiger partial charge in [0.15, 0.2) is 0 Å². The first-order valence-electron chi connectivity index (χ1n) is 10.3. The van der Waals surface area contributed by atoms with E-state index in [1.165, 1.54) is 11.3 Å². The number of nitrogens with one attached hydrogen (secondary N) is 1. The number of rotatable bonds is 3. The molecule has 3 heterocycles. The van der Waals surface area contributed by atoms with Gasteiger partial charge in [-0.3, -0.25) is 19.7 Å². The molecule has 2 aromatic carbocycles. The quantitative estimate of drug-likeness (QED) is 0.753. The summed E-state index contributed by atoms with van der Waals surface area (Å²) < 4.78 is 0. The second kappa shape index (κ2) is 7.25. The highest BCUT2D eigenvalue weighted by Gasteiger charge is 2.39. The van der Waals surface area contributed by atoms with E-state index in [9.17, 15) is 14.4 Å². The number of nitrogens with two attached hydrogens (primary N) is 1. The van der Waals surface area contributed by atoms with Gasteiger partial charge < -0.3 is 15.5 Å². The largest absolute Gasteiger partial charge is 0.365 e. The average molecular weight is 404 g/mol. The lowest BCUT2D eigenvalue weighted by atomic mass is 9.97. The monoisotopic (exact) mass is 404 g/mol. The molecule has 2 atom stereocenters. The molecule has 7 nitrogen and oxygen atoms in total. The molecule has 7 heteroatoms. The average Bonchev–Trinajstić information content (AvgIpc) is 3.03. The van der Waals surface area contributed by atoms with E-state index in [0.717, 1.165) is 24.1 Å². The van der Waals surface area contributed by atoms with Crippen molar-refractivity contribution in [3.05, 3.63) is 64.7 Å². The number of piperidine rings is 1. The SMILES string of the molecule is NC1Cc2ccccc2N(Cc2ccc3c(c2)CN(C2CCC(=O)NC2=O)C3=O)C1. The van der Waals surface area contributed by atoms with Gasteiger partial charge in [-0.15, -0.1) is 0 Å². The number of hydrogen-bond donors (Lipinski definition) is 2. The molecular formula is C23H24N4O3. The van der Waals surface area contributed by atoms with Gasteiger partial charge in [0, 0.05) is 43.3 Å². The highest BCUT2D eigenvalue weighted by Crippen LogP contribution is 2.31. The van der Waals surface area contributed by atoms with Crippen LogP contribution in [0.1, 0.15) is 39.9 Å². The van der Waals surface area contributed by atoms with Gasteiger partial charge in [-0.05, 0) is 41.7 Å². The van der Waals surface area contributed by atoms with Gasteiger partial charge in [-0.1, -0.05) is 30.3 Å². The maximum atomic E-state index is 12.9. The fourth-order valence-corrected chi connectivity index (χ4v) is 4.82. The van der Waals surface area contributed by atoms with E-state index in [4.69, 9.17) is 5.73 Å². The van der Waals surface area contributed by atoms with Crippen LogP contribution in [0.4, 0.5) is 5.69 Å². The standard InChI is InChI=1S/C23H24N4O3/c24-17-10-15-3-1-2-4-19(15)26(13-17)11-14-5-6-18-16(9-14)12-27(23(18)30)20-7-8-21(28)25-22(20)29/h1-6,9,17,20H,7-8,10-13,24H2,(H,25,28,29). The molecule has 2 aromatic rings. The summed E-state index contributed by atoms with van der Waals surface area (Å²) in [6.45, 7) is 1.89. The third-order valence-electron chi connectivity index (χ3n) is 6.23. The van der Waals surface area contributed by atoms with Crippen molar-refractivity contribution in [2.45, 2.75) is 44.4 Å². The van der Waals surface area contributed by atoms with Gasteiger partial charge in [-0.2, -0.15) is 0 Å². The number of carbonyl (C=O) groups excluding carboxylic acids is 3. The second-order valence-electron chi connectivity index (χ2n) is 8.36. The maximum absolute atomic E-state index is 12.9. The first-order valence-corrected chi connectivity index (χ1v) is 10.3. The van der Waals surface area contributed by atoms with Crippen LogP contribution in [0, 0.1) is 0 Å². The Kier molecular flexibility index (Phi) is 4.55. The summed E-state index contributed by atoms with van der Waals surface area (Å²) in [5, 5.41) is 2.34. The molecule has 2 unspecified atom stereocenters. The molecule has 0 aliphatic carbocycles. The zero-order chi connectivity index (χ0) is 20.8. The zero-order valence-corrected chi connectivity index (χ0v) is 16.6. The molecule has 5 rings (SSSR count). The summed E-state index contributed by atoms with van der Waals surface area (Å²) in [6, 6.07) is 13.7. The Hall–Kier alpha value is -3.19. The molecule has 3 N–H and O–H groups in total. The number of carbonyl (C=O) groups is 3. The summed E-state index contributed by atoms with van der Waals surface area (Å²) in [4.78, 5) is 40.4. The number of fused-ring (bicyclic) bond motifs is 2. The minimum absolute atomic E-state index is 0.0962. The van der Waals surface area contributed by atoms with Crippen molar-refractivity contribution < 1.29 is 14.4 Å². The Morgan fingerprint density at radius 1 is 1.07 bits per heavy atom. The van der Waals surface area contributed by atoms with Crippen LogP contribution in [-0.4, -0.2) is 41.2 Å². The molecule has 0 aromatic heterocycles. The Morgan fingerprint density at radius 3 is 2.73 bits per heavy atom. The third kappa shape index (κ3) is 3.25. The van der Waals surface area contributed by atoms with Crippen molar-refractivity contribution >= 4 is 23.4 Å². The lowest BCUT2D eigenvalue weighted by Gasteiger charge is -2.34. The Bertz CT molecular complexity index is 1050. The van der Waals surface area contributed by atoms with Crippen LogP contribution in [0.5, 0.6) is 0 Å². The van der Waals surface area contributed by atoms with E-state index in [0.29, 0.717) is 25.1 Å². The van der Waals surface area contributed by atoms with Crippen LogP contribution in [-0.2, 0) is 29.1 Å². The van der Waals surface area contributed by atoms with Crippen LogP contribution in [0.15, 0.2) is 42.5 Å². The third-order valence-corrected chi connectivity index (χ3v) is 6.23. The Labute approximate surface area is 174 Å². The van der Waals surface area contributed by atoms with Gasteiger partial charge in [0.1, 0.15) is 6.04 Å². The number of nitrogens with zero attached hydrogens (tertiary/aromatic N) is 2. The van der Waals surface area contributed by atoms with Crippen LogP contribution in [0.3, 0.4) is 0 Å². The summed E-state index contributed by atoms with van der Waals surface area (Å²) in [5.74, 6) is -0.800. The van der Waals surface area contributed by atoms with Gasteiger partial charge in [0.2, 0.25) is 11.8 Å². The number of amides is 3.